The number of carbonyl (C=O) groups excluding carboxylic acids is 2. The van der Waals surface area contributed by atoms with Gasteiger partial charge in [-0.25, -0.2) is 12.8 Å². The van der Waals surface area contributed by atoms with Crippen molar-refractivity contribution in [3.63, 3.8) is 0 Å². The molecule has 1 atom stereocenters. The molecular weight excluding hydrogens is 413 g/mol. The number of ether oxygens (including phenoxy) is 2. The van der Waals surface area contributed by atoms with Gasteiger partial charge in [-0.1, -0.05) is 0 Å². The average Bonchev–Trinajstić information content (AvgIpc) is 2.77. The first-order valence-electron chi connectivity index (χ1n) is 9.41. The second-order valence-electron chi connectivity index (χ2n) is 6.92. The molecule has 30 heavy (non-hydrogen) atoms. The summed E-state index contributed by atoms with van der Waals surface area (Å²) in [5, 5.41) is 0. The molecule has 0 aromatic heterocycles. The molecule has 1 aliphatic rings. The van der Waals surface area contributed by atoms with E-state index in [2.05, 4.69) is 0 Å². The number of ketones is 1. The highest BCUT2D eigenvalue weighted by molar-refractivity contribution is 7.89. The molecule has 0 N–H and O–H groups in total. The lowest BCUT2D eigenvalue weighted by atomic mass is 10.00. The maximum Gasteiger partial charge on any atom is 0.310 e. The molecule has 2 aromatic rings. The standard InChI is InChI=1S/C21H22FNO6S/c1-28-18-8-10-19(11-9-18)30(26,27)23-12-2-3-16(13-23)21(25)29-14-20(24)15-4-6-17(22)7-5-15/h4-11,16H,2-3,12-14H2,1H3. The van der Waals surface area contributed by atoms with Crippen molar-refractivity contribution in [2.24, 2.45) is 5.92 Å². The van der Waals surface area contributed by atoms with Gasteiger partial charge in [0.25, 0.3) is 0 Å². The van der Waals surface area contributed by atoms with Crippen LogP contribution in [0.3, 0.4) is 0 Å². The zero-order chi connectivity index (χ0) is 21.7. The van der Waals surface area contributed by atoms with E-state index in [0.29, 0.717) is 25.1 Å². The van der Waals surface area contributed by atoms with Crippen LogP contribution in [0.25, 0.3) is 0 Å². The minimum absolute atomic E-state index is 0.0159. The lowest BCUT2D eigenvalue weighted by Gasteiger charge is -2.30. The summed E-state index contributed by atoms with van der Waals surface area (Å²) in [4.78, 5) is 24.6. The molecule has 1 aliphatic heterocycles. The smallest absolute Gasteiger partial charge is 0.310 e. The van der Waals surface area contributed by atoms with Crippen LogP contribution in [0.5, 0.6) is 5.75 Å². The highest BCUT2D eigenvalue weighted by Crippen LogP contribution is 2.25. The minimum atomic E-state index is -3.76. The summed E-state index contributed by atoms with van der Waals surface area (Å²) in [6.07, 6.45) is 0.971. The number of hydrogen-bond donors (Lipinski definition) is 0. The van der Waals surface area contributed by atoms with Crippen LogP contribution in [0.4, 0.5) is 4.39 Å². The van der Waals surface area contributed by atoms with E-state index in [1.54, 1.807) is 12.1 Å². The second kappa shape index (κ2) is 9.36. The van der Waals surface area contributed by atoms with E-state index in [9.17, 15) is 22.4 Å². The lowest BCUT2D eigenvalue weighted by Crippen LogP contribution is -2.42. The fourth-order valence-corrected chi connectivity index (χ4v) is 4.75. The van der Waals surface area contributed by atoms with Crippen molar-refractivity contribution in [2.45, 2.75) is 17.7 Å². The molecule has 0 radical (unpaired) electrons. The van der Waals surface area contributed by atoms with Crippen LogP contribution in [0.15, 0.2) is 53.4 Å². The second-order valence-corrected chi connectivity index (χ2v) is 8.85. The van der Waals surface area contributed by atoms with E-state index in [1.165, 1.54) is 35.7 Å². The molecule has 0 aliphatic carbocycles. The molecule has 1 heterocycles. The third-order valence-corrected chi connectivity index (χ3v) is 6.81. The number of Topliss-reactive ketones (excluding diaryl/α,β-unsaturated/α-hetero) is 1. The van der Waals surface area contributed by atoms with Crippen LogP contribution in [0, 0.1) is 11.7 Å². The summed E-state index contributed by atoms with van der Waals surface area (Å²) in [6, 6.07) is 11.0. The van der Waals surface area contributed by atoms with Gasteiger partial charge in [0.1, 0.15) is 11.6 Å². The quantitative estimate of drug-likeness (QED) is 0.491. The van der Waals surface area contributed by atoms with Gasteiger partial charge in [-0.3, -0.25) is 9.59 Å². The number of methoxy groups -OCH3 is 1. The Kier molecular flexibility index (Phi) is 6.84. The molecule has 160 valence electrons. The van der Waals surface area contributed by atoms with E-state index in [-0.39, 0.29) is 17.0 Å². The number of hydrogen-bond acceptors (Lipinski definition) is 6. The van der Waals surface area contributed by atoms with Crippen molar-refractivity contribution in [3.8, 4) is 5.75 Å². The Morgan fingerprint density at radius 1 is 1.10 bits per heavy atom. The molecule has 1 fully saturated rings. The highest BCUT2D eigenvalue weighted by atomic mass is 32.2. The summed E-state index contributed by atoms with van der Waals surface area (Å²) in [5.41, 5.74) is 0.233. The fraction of sp³-hybridized carbons (Fsp3) is 0.333. The van der Waals surface area contributed by atoms with Crippen molar-refractivity contribution in [1.82, 2.24) is 4.31 Å². The van der Waals surface area contributed by atoms with Crippen LogP contribution >= 0.6 is 0 Å². The number of esters is 1. The molecule has 3 rings (SSSR count). The van der Waals surface area contributed by atoms with Gasteiger partial charge < -0.3 is 9.47 Å². The van der Waals surface area contributed by atoms with E-state index >= 15 is 0 Å². The minimum Gasteiger partial charge on any atom is -0.497 e. The third kappa shape index (κ3) is 5.03. The Morgan fingerprint density at radius 2 is 1.77 bits per heavy atom. The molecule has 0 bridgehead atoms. The Bertz CT molecular complexity index is 1000. The third-order valence-electron chi connectivity index (χ3n) is 4.93. The van der Waals surface area contributed by atoms with Crippen LogP contribution in [0.1, 0.15) is 23.2 Å². The summed E-state index contributed by atoms with van der Waals surface area (Å²) in [5.74, 6) is -1.67. The lowest BCUT2D eigenvalue weighted by molar-refractivity contribution is -0.148. The summed E-state index contributed by atoms with van der Waals surface area (Å²) < 4.78 is 50.1. The van der Waals surface area contributed by atoms with Crippen LogP contribution in [0.2, 0.25) is 0 Å². The maximum absolute atomic E-state index is 12.9. The van der Waals surface area contributed by atoms with Gasteiger partial charge in [-0.2, -0.15) is 4.31 Å². The first-order chi connectivity index (χ1) is 14.3. The Morgan fingerprint density at radius 3 is 2.40 bits per heavy atom. The average molecular weight is 435 g/mol. The monoisotopic (exact) mass is 435 g/mol. The first kappa shape index (κ1) is 21.9. The molecule has 9 heteroatoms. The molecule has 0 amide bonds. The fourth-order valence-electron chi connectivity index (χ4n) is 3.22. The van der Waals surface area contributed by atoms with E-state index < -0.39 is 40.1 Å². The van der Waals surface area contributed by atoms with Crippen LogP contribution in [-0.2, 0) is 19.6 Å². The first-order valence-corrected chi connectivity index (χ1v) is 10.8. The van der Waals surface area contributed by atoms with Crippen molar-refractivity contribution >= 4 is 21.8 Å². The molecule has 0 saturated carbocycles. The number of rotatable bonds is 7. The molecule has 1 unspecified atom stereocenters. The van der Waals surface area contributed by atoms with Crippen molar-refractivity contribution in [3.05, 3.63) is 59.9 Å². The van der Waals surface area contributed by atoms with Gasteiger partial charge >= 0.3 is 5.97 Å². The van der Waals surface area contributed by atoms with Gasteiger partial charge in [0, 0.05) is 18.7 Å². The van der Waals surface area contributed by atoms with Crippen molar-refractivity contribution in [2.75, 3.05) is 26.8 Å². The Labute approximate surface area is 174 Å². The SMILES string of the molecule is COc1ccc(S(=O)(=O)N2CCCC(C(=O)OCC(=O)c3ccc(F)cc3)C2)cc1. The molecule has 0 spiro atoms. The normalized spacial score (nSPS) is 17.3. The summed E-state index contributed by atoms with van der Waals surface area (Å²) in [6.45, 7) is -0.198. The van der Waals surface area contributed by atoms with E-state index in [4.69, 9.17) is 9.47 Å². The predicted octanol–water partition coefficient (Wildman–Crippen LogP) is 2.66. The van der Waals surface area contributed by atoms with Gasteiger partial charge in [-0.05, 0) is 61.4 Å². The van der Waals surface area contributed by atoms with Gasteiger partial charge in [0.15, 0.2) is 12.4 Å². The summed E-state index contributed by atoms with van der Waals surface area (Å²) in [7, 11) is -2.27. The van der Waals surface area contributed by atoms with Crippen LogP contribution < -0.4 is 4.74 Å². The molecule has 2 aromatic carbocycles. The highest BCUT2D eigenvalue weighted by Gasteiger charge is 2.34. The number of benzene rings is 2. The van der Waals surface area contributed by atoms with Crippen molar-refractivity contribution < 1.29 is 31.9 Å². The molecule has 7 nitrogen and oxygen atoms in total. The maximum atomic E-state index is 12.9. The number of sulfonamides is 1. The number of nitrogens with zero attached hydrogens (tertiary/aromatic N) is 1. The zero-order valence-electron chi connectivity index (χ0n) is 16.4. The molecule has 1 saturated heterocycles. The number of halogens is 1. The van der Waals surface area contributed by atoms with Crippen molar-refractivity contribution in [1.29, 1.82) is 0 Å². The van der Waals surface area contributed by atoms with Crippen LogP contribution in [-0.4, -0.2) is 51.3 Å². The summed E-state index contributed by atoms with van der Waals surface area (Å²) >= 11 is 0. The van der Waals surface area contributed by atoms with Gasteiger partial charge in [0.05, 0.1) is 17.9 Å². The van der Waals surface area contributed by atoms with Gasteiger partial charge in [-0.15, -0.1) is 0 Å². The topological polar surface area (TPSA) is 90.0 Å². The Balaban J connectivity index is 1.61. The van der Waals surface area contributed by atoms with Gasteiger partial charge in [0.2, 0.25) is 10.0 Å². The molecular formula is C21H22FNO6S. The largest absolute Gasteiger partial charge is 0.497 e. The zero-order valence-corrected chi connectivity index (χ0v) is 17.2. The number of carbonyl (C=O) groups is 2. The number of piperidine rings is 1. The van der Waals surface area contributed by atoms with E-state index in [0.717, 1.165) is 12.1 Å². The predicted molar refractivity (Wildman–Crippen MR) is 106 cm³/mol. The Hall–Kier alpha value is -2.78. The van der Waals surface area contributed by atoms with E-state index in [1.807, 2.05) is 0 Å².